The van der Waals surface area contributed by atoms with Crippen LogP contribution in [-0.2, 0) is 0 Å². The lowest BCUT2D eigenvalue weighted by atomic mass is 9.92. The van der Waals surface area contributed by atoms with Crippen molar-refractivity contribution in [1.29, 1.82) is 0 Å². The normalized spacial score (nSPS) is 34.8. The molecular weight excluding hydrogens is 184 g/mol. The number of hydrogen-bond donors (Lipinski definition) is 1. The zero-order valence-electron chi connectivity index (χ0n) is 10.4. The van der Waals surface area contributed by atoms with Crippen LogP contribution < -0.4 is 5.32 Å². The molecule has 88 valence electrons. The molecule has 0 bridgehead atoms. The fourth-order valence-electron chi connectivity index (χ4n) is 3.14. The quantitative estimate of drug-likeness (QED) is 0.768. The highest BCUT2D eigenvalue weighted by molar-refractivity contribution is 4.92. The van der Waals surface area contributed by atoms with Crippen molar-refractivity contribution in [2.45, 2.75) is 51.5 Å². The Morgan fingerprint density at radius 1 is 1.33 bits per heavy atom. The summed E-state index contributed by atoms with van der Waals surface area (Å²) in [5, 5.41) is 3.66. The van der Waals surface area contributed by atoms with Crippen molar-refractivity contribution in [2.24, 2.45) is 5.92 Å². The van der Waals surface area contributed by atoms with Gasteiger partial charge >= 0.3 is 0 Å². The van der Waals surface area contributed by atoms with Gasteiger partial charge in [-0.05, 0) is 58.2 Å². The van der Waals surface area contributed by atoms with Gasteiger partial charge in [0.1, 0.15) is 0 Å². The van der Waals surface area contributed by atoms with E-state index in [4.69, 9.17) is 0 Å². The summed E-state index contributed by atoms with van der Waals surface area (Å²) < 4.78 is 0. The minimum Gasteiger partial charge on any atom is -0.310 e. The topological polar surface area (TPSA) is 15.3 Å². The van der Waals surface area contributed by atoms with Crippen LogP contribution in [0.5, 0.6) is 0 Å². The number of nitrogens with zero attached hydrogens (tertiary/aromatic N) is 1. The molecule has 0 aromatic rings. The van der Waals surface area contributed by atoms with Gasteiger partial charge in [0, 0.05) is 12.1 Å². The summed E-state index contributed by atoms with van der Waals surface area (Å²) in [7, 11) is 0. The molecular formula is C13H26N2. The molecule has 2 fully saturated rings. The third kappa shape index (κ3) is 2.94. The molecule has 2 aliphatic heterocycles. The summed E-state index contributed by atoms with van der Waals surface area (Å²) in [5.74, 6) is 1.01. The first-order valence-corrected chi connectivity index (χ1v) is 6.69. The monoisotopic (exact) mass is 210 g/mol. The summed E-state index contributed by atoms with van der Waals surface area (Å²) in [5.41, 5.74) is 0.416. The maximum atomic E-state index is 3.66. The molecule has 0 aliphatic carbocycles. The predicted octanol–water partition coefficient (Wildman–Crippen LogP) is 2.25. The Balaban J connectivity index is 1.76. The van der Waals surface area contributed by atoms with Crippen LogP contribution in [0.3, 0.4) is 0 Å². The first-order chi connectivity index (χ1) is 7.22. The molecule has 0 aromatic carbocycles. The molecule has 0 radical (unpaired) electrons. The van der Waals surface area contributed by atoms with E-state index in [0.717, 1.165) is 5.92 Å². The summed E-state index contributed by atoms with van der Waals surface area (Å²) in [6.07, 6.45) is 6.95. The van der Waals surface area contributed by atoms with Crippen molar-refractivity contribution in [3.05, 3.63) is 0 Å². The molecule has 0 aromatic heterocycles. The van der Waals surface area contributed by atoms with Crippen molar-refractivity contribution < 1.29 is 0 Å². The molecule has 1 N–H and O–H groups in total. The van der Waals surface area contributed by atoms with E-state index in [2.05, 4.69) is 24.1 Å². The van der Waals surface area contributed by atoms with E-state index < -0.39 is 0 Å². The first kappa shape index (κ1) is 11.4. The van der Waals surface area contributed by atoms with Crippen LogP contribution in [0.15, 0.2) is 0 Å². The van der Waals surface area contributed by atoms with Crippen molar-refractivity contribution in [3.8, 4) is 0 Å². The Morgan fingerprint density at radius 2 is 2.07 bits per heavy atom. The number of piperidine rings is 1. The van der Waals surface area contributed by atoms with Gasteiger partial charge in [0.2, 0.25) is 0 Å². The molecule has 0 amide bonds. The Labute approximate surface area is 94.4 Å². The lowest BCUT2D eigenvalue weighted by Crippen LogP contribution is -2.49. The van der Waals surface area contributed by atoms with E-state index in [1.165, 1.54) is 58.3 Å². The molecule has 0 spiro atoms. The highest BCUT2D eigenvalue weighted by Gasteiger charge is 2.31. The van der Waals surface area contributed by atoms with Crippen LogP contribution in [0.25, 0.3) is 0 Å². The fourth-order valence-corrected chi connectivity index (χ4v) is 3.14. The Morgan fingerprint density at radius 3 is 2.60 bits per heavy atom. The summed E-state index contributed by atoms with van der Waals surface area (Å²) >= 11 is 0. The molecule has 2 heterocycles. The second-order valence-corrected chi connectivity index (χ2v) is 5.72. The van der Waals surface area contributed by atoms with Crippen molar-refractivity contribution in [3.63, 3.8) is 0 Å². The third-order valence-electron chi connectivity index (χ3n) is 4.31. The zero-order chi connectivity index (χ0) is 10.7. The maximum Gasteiger partial charge on any atom is 0.0280 e. The van der Waals surface area contributed by atoms with Crippen LogP contribution in [0.4, 0.5) is 0 Å². The second-order valence-electron chi connectivity index (χ2n) is 5.72. The van der Waals surface area contributed by atoms with Gasteiger partial charge in [-0.25, -0.2) is 0 Å². The Hall–Kier alpha value is -0.0800. The summed E-state index contributed by atoms with van der Waals surface area (Å²) in [6.45, 7) is 9.88. The van der Waals surface area contributed by atoms with E-state index >= 15 is 0 Å². The van der Waals surface area contributed by atoms with Crippen LogP contribution in [-0.4, -0.2) is 36.6 Å². The molecule has 2 aliphatic rings. The molecule has 1 atom stereocenters. The zero-order valence-corrected chi connectivity index (χ0v) is 10.4. The summed E-state index contributed by atoms with van der Waals surface area (Å²) in [6, 6.07) is 0. The summed E-state index contributed by atoms with van der Waals surface area (Å²) in [4.78, 5) is 2.67. The maximum absolute atomic E-state index is 3.66. The van der Waals surface area contributed by atoms with Crippen molar-refractivity contribution in [2.75, 3.05) is 26.2 Å². The average Bonchev–Trinajstić information content (AvgIpc) is 2.66. The smallest absolute Gasteiger partial charge is 0.0280 e. The largest absolute Gasteiger partial charge is 0.310 e. The lowest BCUT2D eigenvalue weighted by Gasteiger charge is -2.37. The van der Waals surface area contributed by atoms with Gasteiger partial charge in [0.25, 0.3) is 0 Å². The standard InChI is InChI=1S/C13H26N2/c1-3-12-5-9-15(10-6-12)11-13(2)7-4-8-14-13/h12,14H,3-11H2,1-2H3. The SMILES string of the molecule is CCC1CCN(CC2(C)CCCN2)CC1. The minimum absolute atomic E-state index is 0.416. The van der Waals surface area contributed by atoms with Crippen molar-refractivity contribution in [1.82, 2.24) is 10.2 Å². The van der Waals surface area contributed by atoms with Crippen LogP contribution in [0, 0.1) is 5.92 Å². The molecule has 2 rings (SSSR count). The first-order valence-electron chi connectivity index (χ1n) is 6.69. The highest BCUT2D eigenvalue weighted by atomic mass is 15.2. The molecule has 1 unspecified atom stereocenters. The van der Waals surface area contributed by atoms with Gasteiger partial charge in [0.05, 0.1) is 0 Å². The van der Waals surface area contributed by atoms with Crippen LogP contribution in [0.2, 0.25) is 0 Å². The number of likely N-dealkylation sites (tertiary alicyclic amines) is 1. The molecule has 0 saturated carbocycles. The fraction of sp³-hybridized carbons (Fsp3) is 1.00. The number of rotatable bonds is 3. The van der Waals surface area contributed by atoms with E-state index in [1.54, 1.807) is 0 Å². The third-order valence-corrected chi connectivity index (χ3v) is 4.31. The van der Waals surface area contributed by atoms with Gasteiger partial charge in [-0.15, -0.1) is 0 Å². The highest BCUT2D eigenvalue weighted by Crippen LogP contribution is 2.24. The van der Waals surface area contributed by atoms with Crippen molar-refractivity contribution >= 4 is 0 Å². The molecule has 2 saturated heterocycles. The second kappa shape index (κ2) is 4.84. The molecule has 15 heavy (non-hydrogen) atoms. The van der Waals surface area contributed by atoms with E-state index in [9.17, 15) is 0 Å². The molecule has 2 nitrogen and oxygen atoms in total. The van der Waals surface area contributed by atoms with Crippen LogP contribution >= 0.6 is 0 Å². The van der Waals surface area contributed by atoms with E-state index in [0.29, 0.717) is 5.54 Å². The predicted molar refractivity (Wildman–Crippen MR) is 65.1 cm³/mol. The number of hydrogen-bond acceptors (Lipinski definition) is 2. The average molecular weight is 210 g/mol. The molecule has 2 heteroatoms. The van der Waals surface area contributed by atoms with Crippen LogP contribution in [0.1, 0.15) is 46.0 Å². The minimum atomic E-state index is 0.416. The Bertz CT molecular complexity index is 189. The Kier molecular flexibility index (Phi) is 3.68. The lowest BCUT2D eigenvalue weighted by molar-refractivity contribution is 0.144. The van der Waals surface area contributed by atoms with Gasteiger partial charge < -0.3 is 10.2 Å². The van der Waals surface area contributed by atoms with E-state index in [1.807, 2.05) is 0 Å². The van der Waals surface area contributed by atoms with Gasteiger partial charge in [0.15, 0.2) is 0 Å². The van der Waals surface area contributed by atoms with Gasteiger partial charge in [-0.2, -0.15) is 0 Å². The van der Waals surface area contributed by atoms with E-state index in [-0.39, 0.29) is 0 Å². The van der Waals surface area contributed by atoms with Gasteiger partial charge in [-0.3, -0.25) is 0 Å². The number of nitrogens with one attached hydrogen (secondary N) is 1. The van der Waals surface area contributed by atoms with Gasteiger partial charge in [-0.1, -0.05) is 13.3 Å².